The maximum absolute atomic E-state index is 13.5. The Morgan fingerprint density at radius 1 is 1.08 bits per heavy atom. The molecule has 0 spiro atoms. The van der Waals surface area contributed by atoms with Gasteiger partial charge in [-0.15, -0.1) is 0 Å². The first kappa shape index (κ1) is 17.3. The first-order valence-corrected chi connectivity index (χ1v) is 7.72. The Hall–Kier alpha value is -2.51. The van der Waals surface area contributed by atoms with Gasteiger partial charge in [0.2, 0.25) is 0 Å². The van der Waals surface area contributed by atoms with E-state index in [-0.39, 0.29) is 5.56 Å². The van der Waals surface area contributed by atoms with Gasteiger partial charge in [-0.05, 0) is 42.0 Å². The Balaban J connectivity index is 1.80. The maximum atomic E-state index is 13.5. The van der Waals surface area contributed by atoms with E-state index in [2.05, 4.69) is 10.1 Å². The molecule has 0 aliphatic carbocycles. The van der Waals surface area contributed by atoms with Gasteiger partial charge in [-0.3, -0.25) is 0 Å². The zero-order chi connectivity index (χ0) is 17.9. The lowest BCUT2D eigenvalue weighted by Crippen LogP contribution is -2.39. The van der Waals surface area contributed by atoms with Crippen molar-refractivity contribution in [3.63, 3.8) is 0 Å². The molecule has 0 aliphatic rings. The number of hydrogen-bond donors (Lipinski definition) is 1. The molecular formula is C17H14ClF2N3O2. The van der Waals surface area contributed by atoms with Crippen LogP contribution in [0.25, 0.3) is 0 Å². The molecule has 25 heavy (non-hydrogen) atoms. The molecule has 130 valence electrons. The topological polar surface area (TPSA) is 60.2 Å². The second-order valence-electron chi connectivity index (χ2n) is 5.40. The van der Waals surface area contributed by atoms with Gasteiger partial charge >= 0.3 is 0 Å². The summed E-state index contributed by atoms with van der Waals surface area (Å²) >= 11 is 5.81. The van der Waals surface area contributed by atoms with Gasteiger partial charge in [0.15, 0.2) is 5.60 Å². The van der Waals surface area contributed by atoms with Crippen LogP contribution >= 0.6 is 11.6 Å². The number of nitrogens with zero attached hydrogens (tertiary/aromatic N) is 3. The summed E-state index contributed by atoms with van der Waals surface area (Å²) in [6, 6.07) is 12.6. The van der Waals surface area contributed by atoms with Crippen LogP contribution in [0, 0.1) is 0 Å². The van der Waals surface area contributed by atoms with E-state index in [1.807, 2.05) is 0 Å². The summed E-state index contributed by atoms with van der Waals surface area (Å²) in [5, 5.41) is 14.8. The predicted octanol–water partition coefficient (Wildman–Crippen LogP) is 3.88. The largest absolute Gasteiger partial charge is 0.457 e. The average molecular weight is 366 g/mol. The van der Waals surface area contributed by atoms with E-state index in [1.165, 1.54) is 36.9 Å². The fourth-order valence-electron chi connectivity index (χ4n) is 2.30. The monoisotopic (exact) mass is 365 g/mol. The number of aliphatic hydroxyl groups is 1. The van der Waals surface area contributed by atoms with E-state index in [9.17, 15) is 13.9 Å². The second kappa shape index (κ2) is 7.16. The lowest BCUT2D eigenvalue weighted by atomic mass is 9.94. The van der Waals surface area contributed by atoms with E-state index >= 15 is 0 Å². The fourth-order valence-corrected chi connectivity index (χ4v) is 2.42. The van der Waals surface area contributed by atoms with Crippen LogP contribution < -0.4 is 4.74 Å². The Labute approximate surface area is 147 Å². The Morgan fingerprint density at radius 2 is 1.68 bits per heavy atom. The van der Waals surface area contributed by atoms with Crippen molar-refractivity contribution in [2.45, 2.75) is 18.6 Å². The molecule has 5 nitrogen and oxygen atoms in total. The molecular weight excluding hydrogens is 352 g/mol. The summed E-state index contributed by atoms with van der Waals surface area (Å²) < 4.78 is 33.8. The van der Waals surface area contributed by atoms with Crippen LogP contribution in [0.4, 0.5) is 8.78 Å². The zero-order valence-corrected chi connectivity index (χ0v) is 13.6. The number of ether oxygens (including phenoxy) is 1. The molecule has 0 saturated heterocycles. The van der Waals surface area contributed by atoms with Crippen molar-refractivity contribution in [3.8, 4) is 11.5 Å². The second-order valence-corrected chi connectivity index (χ2v) is 5.83. The lowest BCUT2D eigenvalue weighted by molar-refractivity contribution is -0.114. The highest BCUT2D eigenvalue weighted by Crippen LogP contribution is 2.32. The fraction of sp³-hybridized carbons (Fsp3) is 0.176. The molecule has 0 fully saturated rings. The number of hydrogen-bond acceptors (Lipinski definition) is 4. The first-order chi connectivity index (χ1) is 12.0. The van der Waals surface area contributed by atoms with Crippen molar-refractivity contribution < 1.29 is 18.6 Å². The molecule has 1 atom stereocenters. The third kappa shape index (κ3) is 3.94. The molecule has 0 saturated carbocycles. The smallest absolute Gasteiger partial charge is 0.272 e. The van der Waals surface area contributed by atoms with Crippen LogP contribution in [-0.4, -0.2) is 26.3 Å². The molecule has 3 aromatic rings. The van der Waals surface area contributed by atoms with Gasteiger partial charge in [0, 0.05) is 5.02 Å². The van der Waals surface area contributed by atoms with Gasteiger partial charge in [0.25, 0.3) is 6.43 Å². The van der Waals surface area contributed by atoms with Crippen molar-refractivity contribution in [1.82, 2.24) is 14.8 Å². The van der Waals surface area contributed by atoms with Gasteiger partial charge in [-0.2, -0.15) is 5.10 Å². The lowest BCUT2D eigenvalue weighted by Gasteiger charge is -2.27. The minimum Gasteiger partial charge on any atom is -0.457 e. The Bertz CT molecular complexity index is 811. The molecule has 1 N–H and O–H groups in total. The molecule has 0 radical (unpaired) electrons. The van der Waals surface area contributed by atoms with Crippen LogP contribution in [0.15, 0.2) is 61.2 Å². The van der Waals surface area contributed by atoms with Crippen molar-refractivity contribution >= 4 is 11.6 Å². The summed E-state index contributed by atoms with van der Waals surface area (Å²) in [6.45, 7) is -0.415. The highest BCUT2D eigenvalue weighted by atomic mass is 35.5. The summed E-state index contributed by atoms with van der Waals surface area (Å²) in [4.78, 5) is 3.69. The zero-order valence-electron chi connectivity index (χ0n) is 12.9. The molecule has 1 aromatic heterocycles. The molecule has 1 unspecified atom stereocenters. The third-order valence-corrected chi connectivity index (χ3v) is 3.89. The summed E-state index contributed by atoms with van der Waals surface area (Å²) in [7, 11) is 0. The van der Waals surface area contributed by atoms with Crippen LogP contribution in [0.3, 0.4) is 0 Å². The number of rotatable bonds is 6. The molecule has 0 bridgehead atoms. The van der Waals surface area contributed by atoms with Crippen LogP contribution in [0.1, 0.15) is 5.56 Å². The minimum atomic E-state index is -3.00. The molecule has 3 rings (SSSR count). The van der Waals surface area contributed by atoms with Gasteiger partial charge < -0.3 is 9.84 Å². The van der Waals surface area contributed by atoms with E-state index in [1.54, 1.807) is 24.3 Å². The summed E-state index contributed by atoms with van der Waals surface area (Å²) in [5.41, 5.74) is -2.33. The maximum Gasteiger partial charge on any atom is 0.272 e. The van der Waals surface area contributed by atoms with Crippen molar-refractivity contribution in [1.29, 1.82) is 0 Å². The standard InChI is InChI=1S/C17H14ClF2N3O2/c18-13-3-7-15(8-4-13)25-14-5-1-12(2-6-14)17(24,16(19)20)9-23-11-21-10-22-23/h1-8,10-11,16,24H,9H2. The quantitative estimate of drug-likeness (QED) is 0.720. The minimum absolute atomic E-state index is 0.0569. The van der Waals surface area contributed by atoms with Crippen molar-refractivity contribution in [2.75, 3.05) is 0 Å². The van der Waals surface area contributed by atoms with Crippen molar-refractivity contribution in [2.24, 2.45) is 0 Å². The SMILES string of the molecule is OC(Cn1cncn1)(c1ccc(Oc2ccc(Cl)cc2)cc1)C(F)F. The van der Waals surface area contributed by atoms with E-state index in [0.29, 0.717) is 16.5 Å². The molecule has 0 amide bonds. The molecule has 0 aliphatic heterocycles. The van der Waals surface area contributed by atoms with Gasteiger partial charge in [0.1, 0.15) is 24.2 Å². The number of halogens is 3. The number of alkyl halides is 2. The molecule has 1 heterocycles. The van der Waals surface area contributed by atoms with Crippen molar-refractivity contribution in [3.05, 3.63) is 71.8 Å². The third-order valence-electron chi connectivity index (χ3n) is 3.63. The predicted molar refractivity (Wildman–Crippen MR) is 87.9 cm³/mol. The Kier molecular flexibility index (Phi) is 4.96. The molecule has 8 heteroatoms. The molecule has 2 aromatic carbocycles. The van der Waals surface area contributed by atoms with Gasteiger partial charge in [-0.1, -0.05) is 23.7 Å². The normalized spacial score (nSPS) is 13.6. The Morgan fingerprint density at radius 3 is 2.20 bits per heavy atom. The van der Waals surface area contributed by atoms with Gasteiger partial charge in [0.05, 0.1) is 6.54 Å². The number of aromatic nitrogens is 3. The highest BCUT2D eigenvalue weighted by molar-refractivity contribution is 6.30. The van der Waals surface area contributed by atoms with E-state index < -0.39 is 18.6 Å². The van der Waals surface area contributed by atoms with Crippen LogP contribution in [0.5, 0.6) is 11.5 Å². The van der Waals surface area contributed by atoms with E-state index in [0.717, 1.165) is 4.68 Å². The van der Waals surface area contributed by atoms with Gasteiger partial charge in [-0.25, -0.2) is 18.4 Å². The summed E-state index contributed by atoms with van der Waals surface area (Å²) in [6.07, 6.45) is -0.514. The number of benzene rings is 2. The average Bonchev–Trinajstić information content (AvgIpc) is 3.10. The highest BCUT2D eigenvalue weighted by Gasteiger charge is 2.40. The van der Waals surface area contributed by atoms with E-state index in [4.69, 9.17) is 16.3 Å². The summed E-state index contributed by atoms with van der Waals surface area (Å²) in [5.74, 6) is 1.01. The van der Waals surface area contributed by atoms with Crippen LogP contribution in [0.2, 0.25) is 5.02 Å². The first-order valence-electron chi connectivity index (χ1n) is 7.34. The van der Waals surface area contributed by atoms with Crippen LogP contribution in [-0.2, 0) is 12.1 Å².